The Labute approximate surface area is 160 Å². The summed E-state index contributed by atoms with van der Waals surface area (Å²) in [5.41, 5.74) is 0. The van der Waals surface area contributed by atoms with Gasteiger partial charge in [0, 0.05) is 32.6 Å². The van der Waals surface area contributed by atoms with E-state index in [9.17, 15) is 9.59 Å². The predicted molar refractivity (Wildman–Crippen MR) is 99.7 cm³/mol. The van der Waals surface area contributed by atoms with Crippen molar-refractivity contribution in [2.24, 2.45) is 5.92 Å². The first kappa shape index (κ1) is 19.8. The summed E-state index contributed by atoms with van der Waals surface area (Å²) in [7, 11) is 1.72. The number of piperazine rings is 1. The van der Waals surface area contributed by atoms with Gasteiger partial charge in [0.15, 0.2) is 5.82 Å². The maximum absolute atomic E-state index is 12.7. The number of hydrogen-bond acceptors (Lipinski definition) is 6. The molecule has 0 radical (unpaired) electrons. The molecule has 1 aromatic rings. The van der Waals surface area contributed by atoms with E-state index in [-0.39, 0.29) is 30.8 Å². The number of rotatable bonds is 7. The first-order valence-electron chi connectivity index (χ1n) is 10.0. The van der Waals surface area contributed by atoms with E-state index in [0.29, 0.717) is 30.2 Å². The molecule has 1 N–H and O–H groups in total. The summed E-state index contributed by atoms with van der Waals surface area (Å²) >= 11 is 0. The van der Waals surface area contributed by atoms with Gasteiger partial charge < -0.3 is 14.7 Å². The monoisotopic (exact) mass is 377 g/mol. The maximum Gasteiger partial charge on any atom is 0.246 e. The molecule has 8 heteroatoms. The number of nitrogens with one attached hydrogen (secondary N) is 1. The van der Waals surface area contributed by atoms with Crippen LogP contribution in [0.4, 0.5) is 0 Å². The van der Waals surface area contributed by atoms with Crippen LogP contribution in [0.5, 0.6) is 0 Å². The maximum atomic E-state index is 12.7. The van der Waals surface area contributed by atoms with Crippen LogP contribution in [0.25, 0.3) is 0 Å². The lowest BCUT2D eigenvalue weighted by Crippen LogP contribution is -2.59. The second kappa shape index (κ2) is 8.82. The standard InChI is InChI=1S/C19H31N5O3/c1-13(2)10-16-21-17(27-22-16)12-23(3)18(25)11-15-19(26)20-8-9-24(15)14-6-4-5-7-14/h13-15H,4-12H2,1-3H3,(H,20,26)/t15-/m1/s1. The summed E-state index contributed by atoms with van der Waals surface area (Å²) < 4.78 is 5.26. The van der Waals surface area contributed by atoms with Crippen LogP contribution in [0.15, 0.2) is 4.52 Å². The Hall–Kier alpha value is -1.96. The third kappa shape index (κ3) is 5.06. The number of aromatic nitrogens is 2. The van der Waals surface area contributed by atoms with Crippen LogP contribution in [0.1, 0.15) is 57.7 Å². The Kier molecular flexibility index (Phi) is 6.46. The molecule has 1 aliphatic carbocycles. The normalized spacial score (nSPS) is 21.6. The summed E-state index contributed by atoms with van der Waals surface area (Å²) in [5, 5.41) is 6.87. The number of amides is 2. The van der Waals surface area contributed by atoms with Gasteiger partial charge in [-0.05, 0) is 18.8 Å². The van der Waals surface area contributed by atoms with Gasteiger partial charge in [-0.2, -0.15) is 4.98 Å². The van der Waals surface area contributed by atoms with Crippen LogP contribution in [0.3, 0.4) is 0 Å². The topological polar surface area (TPSA) is 91.6 Å². The fourth-order valence-corrected chi connectivity index (χ4v) is 4.03. The molecule has 2 heterocycles. The molecule has 150 valence electrons. The molecule has 3 rings (SSSR count). The van der Waals surface area contributed by atoms with Gasteiger partial charge in [0.05, 0.1) is 19.0 Å². The largest absolute Gasteiger partial charge is 0.353 e. The Balaban J connectivity index is 1.58. The Morgan fingerprint density at radius 3 is 2.81 bits per heavy atom. The van der Waals surface area contributed by atoms with Crippen LogP contribution < -0.4 is 5.32 Å². The van der Waals surface area contributed by atoms with Gasteiger partial charge in [0.25, 0.3) is 0 Å². The van der Waals surface area contributed by atoms with Crippen molar-refractivity contribution in [1.82, 2.24) is 25.3 Å². The average Bonchev–Trinajstić information content (AvgIpc) is 3.28. The minimum atomic E-state index is -0.379. The minimum Gasteiger partial charge on any atom is -0.353 e. The zero-order valence-electron chi connectivity index (χ0n) is 16.6. The van der Waals surface area contributed by atoms with E-state index in [2.05, 4.69) is 34.2 Å². The van der Waals surface area contributed by atoms with Crippen LogP contribution in [0, 0.1) is 5.92 Å². The molecule has 1 aromatic heterocycles. The Bertz CT molecular complexity index is 654. The SMILES string of the molecule is CC(C)Cc1noc(CN(C)C(=O)C[C@@H]2C(=O)NCCN2C2CCCC2)n1. The van der Waals surface area contributed by atoms with Crippen molar-refractivity contribution in [3.63, 3.8) is 0 Å². The second-order valence-corrected chi connectivity index (χ2v) is 8.14. The van der Waals surface area contributed by atoms with E-state index in [0.717, 1.165) is 25.8 Å². The van der Waals surface area contributed by atoms with Crippen LogP contribution in [0.2, 0.25) is 0 Å². The number of nitrogens with zero attached hydrogens (tertiary/aromatic N) is 4. The number of carbonyl (C=O) groups is 2. The number of hydrogen-bond donors (Lipinski definition) is 1. The van der Waals surface area contributed by atoms with Crippen LogP contribution >= 0.6 is 0 Å². The molecule has 27 heavy (non-hydrogen) atoms. The molecule has 0 aromatic carbocycles. The molecular formula is C19H31N5O3. The molecule has 2 fully saturated rings. The van der Waals surface area contributed by atoms with Crippen molar-refractivity contribution in [3.05, 3.63) is 11.7 Å². The predicted octanol–water partition coefficient (Wildman–Crippen LogP) is 1.36. The quantitative estimate of drug-likeness (QED) is 0.771. The first-order chi connectivity index (χ1) is 12.9. The molecule has 1 atom stereocenters. The fourth-order valence-electron chi connectivity index (χ4n) is 4.03. The molecular weight excluding hydrogens is 346 g/mol. The molecule has 8 nitrogen and oxygen atoms in total. The molecule has 0 spiro atoms. The lowest BCUT2D eigenvalue weighted by atomic mass is 10.0. The third-order valence-electron chi connectivity index (χ3n) is 5.43. The van der Waals surface area contributed by atoms with Crippen molar-refractivity contribution >= 4 is 11.8 Å². The van der Waals surface area contributed by atoms with Gasteiger partial charge in [-0.3, -0.25) is 14.5 Å². The van der Waals surface area contributed by atoms with E-state index in [4.69, 9.17) is 4.52 Å². The van der Waals surface area contributed by atoms with Gasteiger partial charge in [0.1, 0.15) is 0 Å². The zero-order valence-corrected chi connectivity index (χ0v) is 16.6. The molecule has 1 saturated heterocycles. The second-order valence-electron chi connectivity index (χ2n) is 8.14. The number of carbonyl (C=O) groups excluding carboxylic acids is 2. The minimum absolute atomic E-state index is 0.0353. The lowest BCUT2D eigenvalue weighted by molar-refractivity contribution is -0.139. The highest BCUT2D eigenvalue weighted by Gasteiger charge is 2.37. The van der Waals surface area contributed by atoms with E-state index in [1.807, 2.05) is 0 Å². The van der Waals surface area contributed by atoms with Gasteiger partial charge in [-0.25, -0.2) is 0 Å². The summed E-state index contributed by atoms with van der Waals surface area (Å²) in [4.78, 5) is 33.3. The molecule has 1 aliphatic heterocycles. The molecule has 0 bridgehead atoms. The summed E-state index contributed by atoms with van der Waals surface area (Å²) in [6.07, 6.45) is 5.59. The van der Waals surface area contributed by atoms with Gasteiger partial charge >= 0.3 is 0 Å². The van der Waals surface area contributed by atoms with E-state index < -0.39 is 0 Å². The van der Waals surface area contributed by atoms with E-state index in [1.54, 1.807) is 11.9 Å². The fraction of sp³-hybridized carbons (Fsp3) is 0.789. The average molecular weight is 377 g/mol. The highest BCUT2D eigenvalue weighted by molar-refractivity contribution is 5.88. The van der Waals surface area contributed by atoms with Gasteiger partial charge in [-0.1, -0.05) is 31.8 Å². The van der Waals surface area contributed by atoms with Crippen molar-refractivity contribution in [2.45, 2.75) is 71.0 Å². The van der Waals surface area contributed by atoms with Gasteiger partial charge in [-0.15, -0.1) is 0 Å². The Morgan fingerprint density at radius 1 is 1.37 bits per heavy atom. The molecule has 1 saturated carbocycles. The highest BCUT2D eigenvalue weighted by Crippen LogP contribution is 2.27. The zero-order chi connectivity index (χ0) is 19.4. The molecule has 0 unspecified atom stereocenters. The van der Waals surface area contributed by atoms with Crippen LogP contribution in [-0.2, 0) is 22.6 Å². The first-order valence-corrected chi connectivity index (χ1v) is 10.0. The van der Waals surface area contributed by atoms with E-state index in [1.165, 1.54) is 12.8 Å². The van der Waals surface area contributed by atoms with Crippen molar-refractivity contribution in [1.29, 1.82) is 0 Å². The lowest BCUT2D eigenvalue weighted by Gasteiger charge is -2.39. The van der Waals surface area contributed by atoms with Crippen molar-refractivity contribution < 1.29 is 14.1 Å². The highest BCUT2D eigenvalue weighted by atomic mass is 16.5. The summed E-state index contributed by atoms with van der Waals surface area (Å²) in [5.74, 6) is 1.43. The van der Waals surface area contributed by atoms with E-state index >= 15 is 0 Å². The van der Waals surface area contributed by atoms with Crippen molar-refractivity contribution in [2.75, 3.05) is 20.1 Å². The molecule has 2 aliphatic rings. The Morgan fingerprint density at radius 2 is 2.11 bits per heavy atom. The summed E-state index contributed by atoms with van der Waals surface area (Å²) in [6.45, 7) is 5.94. The third-order valence-corrected chi connectivity index (χ3v) is 5.43. The smallest absolute Gasteiger partial charge is 0.246 e. The van der Waals surface area contributed by atoms with Crippen molar-refractivity contribution in [3.8, 4) is 0 Å². The van der Waals surface area contributed by atoms with Crippen LogP contribution in [-0.4, -0.2) is 64.0 Å². The summed E-state index contributed by atoms with van der Waals surface area (Å²) in [6, 6.07) is 0.0460. The van der Waals surface area contributed by atoms with Gasteiger partial charge in [0.2, 0.25) is 17.7 Å². The molecule has 2 amide bonds.